The molecule has 1 amide bonds. The van der Waals surface area contributed by atoms with E-state index in [0.29, 0.717) is 12.1 Å². The predicted octanol–water partition coefficient (Wildman–Crippen LogP) is 3.24. The number of ether oxygens (including phenoxy) is 1. The van der Waals surface area contributed by atoms with E-state index in [9.17, 15) is 9.18 Å². The molecule has 2 rings (SSSR count). The zero-order chi connectivity index (χ0) is 16.8. The van der Waals surface area contributed by atoms with Gasteiger partial charge in [-0.3, -0.25) is 15.2 Å². The lowest BCUT2D eigenvalue weighted by molar-refractivity contribution is -0.120. The first-order chi connectivity index (χ1) is 11.0. The van der Waals surface area contributed by atoms with Gasteiger partial charge in [0.1, 0.15) is 0 Å². The first kappa shape index (κ1) is 16.8. The number of hydrazine groups is 1. The van der Waals surface area contributed by atoms with Gasteiger partial charge in [0.2, 0.25) is 5.91 Å². The number of benzene rings is 2. The van der Waals surface area contributed by atoms with Crippen LogP contribution >= 0.6 is 0 Å². The summed E-state index contributed by atoms with van der Waals surface area (Å²) < 4.78 is 18.5. The van der Waals surface area contributed by atoms with E-state index in [1.165, 1.54) is 19.2 Å². The summed E-state index contributed by atoms with van der Waals surface area (Å²) in [6.45, 7) is 4.59. The number of carbonyl (C=O) groups excluding carboxylic acids is 1. The molecule has 0 saturated heterocycles. The standard InChI is InChI=1S/C18H21FN2O2/c1-4-21(15-8-5-13(2)6-9-15)20-18(22)12-14-7-10-17(23-3)16(19)11-14/h5-11H,4,12H2,1-3H3,(H,20,22). The molecule has 5 heteroatoms. The molecule has 0 aliphatic rings. The fraction of sp³-hybridized carbons (Fsp3) is 0.278. The van der Waals surface area contributed by atoms with Gasteiger partial charge in [0.05, 0.1) is 19.2 Å². The van der Waals surface area contributed by atoms with Crippen LogP contribution in [0.2, 0.25) is 0 Å². The highest BCUT2D eigenvalue weighted by molar-refractivity contribution is 5.80. The average molecular weight is 316 g/mol. The number of nitrogens with zero attached hydrogens (tertiary/aromatic N) is 1. The van der Waals surface area contributed by atoms with Crippen LogP contribution in [0.1, 0.15) is 18.1 Å². The van der Waals surface area contributed by atoms with E-state index >= 15 is 0 Å². The largest absolute Gasteiger partial charge is 0.494 e. The molecule has 0 unspecified atom stereocenters. The number of carbonyl (C=O) groups is 1. The third-order valence-electron chi connectivity index (χ3n) is 3.50. The molecule has 0 spiro atoms. The molecule has 4 nitrogen and oxygen atoms in total. The van der Waals surface area contributed by atoms with Crippen LogP contribution in [0.25, 0.3) is 0 Å². The lowest BCUT2D eigenvalue weighted by atomic mass is 10.1. The minimum Gasteiger partial charge on any atom is -0.494 e. The van der Waals surface area contributed by atoms with E-state index in [2.05, 4.69) is 5.43 Å². The van der Waals surface area contributed by atoms with Crippen molar-refractivity contribution in [3.05, 3.63) is 59.4 Å². The van der Waals surface area contributed by atoms with Crippen LogP contribution in [0, 0.1) is 12.7 Å². The smallest absolute Gasteiger partial charge is 0.242 e. The molecule has 2 aromatic rings. The zero-order valence-corrected chi connectivity index (χ0v) is 13.6. The number of aryl methyl sites for hydroxylation is 1. The summed E-state index contributed by atoms with van der Waals surface area (Å²) in [6, 6.07) is 12.4. The quantitative estimate of drug-likeness (QED) is 0.832. The Balaban J connectivity index is 2.02. The second-order valence-corrected chi connectivity index (χ2v) is 5.26. The SMILES string of the molecule is CCN(NC(=O)Cc1ccc(OC)c(F)c1)c1ccc(C)cc1. The van der Waals surface area contributed by atoms with Crippen LogP contribution in [-0.4, -0.2) is 19.6 Å². The molecule has 0 saturated carbocycles. The van der Waals surface area contributed by atoms with E-state index in [-0.39, 0.29) is 18.1 Å². The van der Waals surface area contributed by atoms with Crippen molar-refractivity contribution in [2.75, 3.05) is 18.7 Å². The van der Waals surface area contributed by atoms with E-state index in [1.54, 1.807) is 11.1 Å². The number of methoxy groups -OCH3 is 1. The number of nitrogens with one attached hydrogen (secondary N) is 1. The molecule has 0 heterocycles. The second-order valence-electron chi connectivity index (χ2n) is 5.26. The Morgan fingerprint density at radius 3 is 2.48 bits per heavy atom. The number of halogens is 1. The summed E-state index contributed by atoms with van der Waals surface area (Å²) in [5, 5.41) is 1.77. The number of amides is 1. The Kier molecular flexibility index (Phi) is 5.57. The molecule has 122 valence electrons. The van der Waals surface area contributed by atoms with Crippen molar-refractivity contribution in [2.45, 2.75) is 20.3 Å². The highest BCUT2D eigenvalue weighted by atomic mass is 19.1. The minimum atomic E-state index is -0.469. The number of anilines is 1. The van der Waals surface area contributed by atoms with Gasteiger partial charge in [-0.1, -0.05) is 23.8 Å². The van der Waals surface area contributed by atoms with E-state index < -0.39 is 5.82 Å². The topological polar surface area (TPSA) is 41.6 Å². The van der Waals surface area contributed by atoms with Crippen molar-refractivity contribution in [3.63, 3.8) is 0 Å². The normalized spacial score (nSPS) is 10.3. The molecule has 0 radical (unpaired) electrons. The van der Waals surface area contributed by atoms with Crippen LogP contribution < -0.4 is 15.2 Å². The first-order valence-electron chi connectivity index (χ1n) is 7.49. The van der Waals surface area contributed by atoms with Gasteiger partial charge >= 0.3 is 0 Å². The molecular formula is C18H21FN2O2. The van der Waals surface area contributed by atoms with E-state index in [1.807, 2.05) is 38.1 Å². The minimum absolute atomic E-state index is 0.100. The number of hydrogen-bond donors (Lipinski definition) is 1. The summed E-state index contributed by atoms with van der Waals surface area (Å²) in [5.41, 5.74) is 5.50. The fourth-order valence-electron chi connectivity index (χ4n) is 2.25. The first-order valence-corrected chi connectivity index (χ1v) is 7.49. The van der Waals surface area contributed by atoms with Crippen LogP contribution in [0.15, 0.2) is 42.5 Å². The molecule has 23 heavy (non-hydrogen) atoms. The lowest BCUT2D eigenvalue weighted by Crippen LogP contribution is -2.43. The van der Waals surface area contributed by atoms with Crippen molar-refractivity contribution in [1.82, 2.24) is 5.43 Å². The van der Waals surface area contributed by atoms with Gasteiger partial charge in [-0.05, 0) is 43.7 Å². The van der Waals surface area contributed by atoms with Gasteiger partial charge in [-0.15, -0.1) is 0 Å². The number of hydrogen-bond acceptors (Lipinski definition) is 3. The van der Waals surface area contributed by atoms with Crippen LogP contribution in [-0.2, 0) is 11.2 Å². The van der Waals surface area contributed by atoms with Gasteiger partial charge in [0.15, 0.2) is 11.6 Å². The zero-order valence-electron chi connectivity index (χ0n) is 13.6. The van der Waals surface area contributed by atoms with Crippen LogP contribution in [0.3, 0.4) is 0 Å². The van der Waals surface area contributed by atoms with Crippen molar-refractivity contribution < 1.29 is 13.9 Å². The summed E-state index contributed by atoms with van der Waals surface area (Å²) >= 11 is 0. The summed E-state index contributed by atoms with van der Waals surface area (Å²) in [4.78, 5) is 12.2. The Morgan fingerprint density at radius 2 is 1.91 bits per heavy atom. The molecule has 0 aliphatic carbocycles. The Labute approximate surface area is 135 Å². The van der Waals surface area contributed by atoms with Gasteiger partial charge in [0.25, 0.3) is 0 Å². The van der Waals surface area contributed by atoms with Gasteiger partial charge in [-0.2, -0.15) is 0 Å². The average Bonchev–Trinajstić information content (AvgIpc) is 2.54. The molecule has 0 fully saturated rings. The monoisotopic (exact) mass is 316 g/mol. The van der Waals surface area contributed by atoms with Gasteiger partial charge in [-0.25, -0.2) is 4.39 Å². The fourth-order valence-corrected chi connectivity index (χ4v) is 2.25. The molecular weight excluding hydrogens is 295 g/mol. The van der Waals surface area contributed by atoms with Crippen molar-refractivity contribution in [2.24, 2.45) is 0 Å². The van der Waals surface area contributed by atoms with E-state index in [4.69, 9.17) is 4.74 Å². The van der Waals surface area contributed by atoms with Gasteiger partial charge < -0.3 is 4.74 Å². The van der Waals surface area contributed by atoms with Crippen molar-refractivity contribution in [1.29, 1.82) is 0 Å². The predicted molar refractivity (Wildman–Crippen MR) is 89.0 cm³/mol. The van der Waals surface area contributed by atoms with Gasteiger partial charge in [0, 0.05) is 6.54 Å². The van der Waals surface area contributed by atoms with Crippen LogP contribution in [0.5, 0.6) is 5.75 Å². The maximum atomic E-state index is 13.7. The summed E-state index contributed by atoms with van der Waals surface area (Å²) in [6.07, 6.45) is 0.100. The second kappa shape index (κ2) is 7.63. The molecule has 0 aliphatic heterocycles. The third kappa shape index (κ3) is 4.45. The molecule has 2 aromatic carbocycles. The highest BCUT2D eigenvalue weighted by Crippen LogP contribution is 2.18. The van der Waals surface area contributed by atoms with Crippen molar-refractivity contribution in [3.8, 4) is 5.75 Å². The van der Waals surface area contributed by atoms with Crippen LogP contribution in [0.4, 0.5) is 10.1 Å². The summed E-state index contributed by atoms with van der Waals surface area (Å²) in [5.74, 6) is -0.496. The Bertz CT molecular complexity index is 671. The van der Waals surface area contributed by atoms with E-state index in [0.717, 1.165) is 11.3 Å². The maximum absolute atomic E-state index is 13.7. The molecule has 0 atom stereocenters. The Morgan fingerprint density at radius 1 is 1.22 bits per heavy atom. The lowest BCUT2D eigenvalue weighted by Gasteiger charge is -2.24. The molecule has 1 N–H and O–H groups in total. The molecule has 0 bridgehead atoms. The third-order valence-corrected chi connectivity index (χ3v) is 3.50. The maximum Gasteiger partial charge on any atom is 0.242 e. The number of rotatable bonds is 6. The highest BCUT2D eigenvalue weighted by Gasteiger charge is 2.11. The summed E-state index contributed by atoms with van der Waals surface area (Å²) in [7, 11) is 1.41. The Hall–Kier alpha value is -2.56. The molecule has 0 aromatic heterocycles. The van der Waals surface area contributed by atoms with Crippen molar-refractivity contribution >= 4 is 11.6 Å².